The number of benzene rings is 3. The quantitative estimate of drug-likeness (QED) is 0.228. The zero-order chi connectivity index (χ0) is 28.3. The van der Waals surface area contributed by atoms with E-state index in [2.05, 4.69) is 22.4 Å². The lowest BCUT2D eigenvalue weighted by atomic mass is 9.98. The van der Waals surface area contributed by atoms with Crippen molar-refractivity contribution in [3.63, 3.8) is 0 Å². The molecule has 0 saturated heterocycles. The third-order valence-electron chi connectivity index (χ3n) is 7.24. The Morgan fingerprint density at radius 3 is 2.27 bits per heavy atom. The van der Waals surface area contributed by atoms with Crippen molar-refractivity contribution in [3.05, 3.63) is 71.8 Å². The minimum absolute atomic E-state index is 0.00666. The van der Waals surface area contributed by atoms with Gasteiger partial charge in [-0.25, -0.2) is 13.4 Å². The summed E-state index contributed by atoms with van der Waals surface area (Å²) in [5, 5.41) is 3.28. The molecule has 10 heteroatoms. The highest BCUT2D eigenvalue weighted by Gasteiger charge is 2.26. The molecule has 4 aromatic rings. The molecule has 1 N–H and O–H groups in total. The fraction of sp³-hybridized carbons (Fsp3) is 0.333. The Labute approximate surface area is 238 Å². The molecule has 8 nitrogen and oxygen atoms in total. The molecule has 40 heavy (non-hydrogen) atoms. The second kappa shape index (κ2) is 11.9. The number of aromatic nitrogens is 1. The summed E-state index contributed by atoms with van der Waals surface area (Å²) in [6, 6.07) is 17.7. The first kappa shape index (κ1) is 27.9. The highest BCUT2D eigenvalue weighted by Crippen LogP contribution is 2.37. The molecule has 1 aliphatic carbocycles. The number of rotatable bonds is 10. The number of fused-ring (bicyclic) bond motifs is 1. The monoisotopic (exact) mass is 580 g/mol. The van der Waals surface area contributed by atoms with Crippen molar-refractivity contribution in [3.8, 4) is 17.2 Å². The number of methoxy groups -OCH3 is 2. The predicted octanol–water partition coefficient (Wildman–Crippen LogP) is 6.52. The van der Waals surface area contributed by atoms with E-state index in [4.69, 9.17) is 14.2 Å². The number of thiazole rings is 1. The molecule has 1 aromatic heterocycles. The molecule has 1 fully saturated rings. The third kappa shape index (κ3) is 5.93. The Morgan fingerprint density at radius 2 is 1.65 bits per heavy atom. The summed E-state index contributed by atoms with van der Waals surface area (Å²) >= 11 is 1.30. The van der Waals surface area contributed by atoms with Crippen LogP contribution in [0.5, 0.6) is 17.2 Å². The summed E-state index contributed by atoms with van der Waals surface area (Å²) in [4.78, 5) is 18.4. The van der Waals surface area contributed by atoms with E-state index in [9.17, 15) is 13.2 Å². The standard InChI is InChI=1S/C30H32N2O6S2/c1-4-40(34,35)23-15-11-21(12-16-23)28(38-22-13-9-20(10-14-22)19-7-5-6-8-19)29(33)32-30-31-24-17-25(36-2)26(37-3)18-27(24)39-30/h9-19,28H,4-8H2,1-3H3,(H,31,32,33). The number of carbonyl (C=O) groups excluding carboxylic acids is 1. The number of hydrogen-bond donors (Lipinski definition) is 1. The molecule has 1 heterocycles. The van der Waals surface area contributed by atoms with Crippen molar-refractivity contribution >= 4 is 42.4 Å². The van der Waals surface area contributed by atoms with Crippen LogP contribution in [0.15, 0.2) is 65.6 Å². The van der Waals surface area contributed by atoms with Crippen LogP contribution >= 0.6 is 11.3 Å². The molecular weight excluding hydrogens is 548 g/mol. The van der Waals surface area contributed by atoms with Crippen LogP contribution in [0.2, 0.25) is 0 Å². The van der Waals surface area contributed by atoms with Gasteiger partial charge in [-0.05, 0) is 48.6 Å². The smallest absolute Gasteiger partial charge is 0.271 e. The van der Waals surface area contributed by atoms with Crippen LogP contribution in [0.25, 0.3) is 10.2 Å². The lowest BCUT2D eigenvalue weighted by Gasteiger charge is -2.19. The van der Waals surface area contributed by atoms with Gasteiger partial charge in [0, 0.05) is 17.7 Å². The summed E-state index contributed by atoms with van der Waals surface area (Å²) in [6.45, 7) is 1.60. The molecule has 0 aliphatic heterocycles. The Kier molecular flexibility index (Phi) is 8.27. The van der Waals surface area contributed by atoms with Gasteiger partial charge < -0.3 is 14.2 Å². The van der Waals surface area contributed by atoms with Crippen LogP contribution in [0.4, 0.5) is 5.13 Å². The molecule has 1 unspecified atom stereocenters. The van der Waals surface area contributed by atoms with Crippen LogP contribution in [-0.4, -0.2) is 39.3 Å². The van der Waals surface area contributed by atoms with E-state index >= 15 is 0 Å². The first-order chi connectivity index (χ1) is 19.3. The number of carbonyl (C=O) groups is 1. The van der Waals surface area contributed by atoms with Crippen LogP contribution < -0.4 is 19.5 Å². The highest BCUT2D eigenvalue weighted by molar-refractivity contribution is 7.91. The fourth-order valence-corrected chi connectivity index (χ4v) is 6.75. The van der Waals surface area contributed by atoms with Crippen molar-refractivity contribution in [1.29, 1.82) is 0 Å². The molecule has 1 saturated carbocycles. The molecule has 5 rings (SSSR count). The highest BCUT2D eigenvalue weighted by atomic mass is 32.2. The van der Waals surface area contributed by atoms with E-state index < -0.39 is 21.8 Å². The maximum atomic E-state index is 13.6. The number of anilines is 1. The maximum absolute atomic E-state index is 13.6. The number of nitrogens with one attached hydrogen (secondary N) is 1. The van der Waals surface area contributed by atoms with Gasteiger partial charge in [0.15, 0.2) is 26.5 Å². The average molecular weight is 581 g/mol. The van der Waals surface area contributed by atoms with E-state index in [0.29, 0.717) is 39.4 Å². The third-order valence-corrected chi connectivity index (χ3v) is 9.93. The van der Waals surface area contributed by atoms with Crippen LogP contribution in [-0.2, 0) is 14.6 Å². The maximum Gasteiger partial charge on any atom is 0.271 e. The molecule has 3 aromatic carbocycles. The number of amides is 1. The van der Waals surface area contributed by atoms with Crippen molar-refractivity contribution in [2.75, 3.05) is 25.3 Å². The average Bonchev–Trinajstić information content (AvgIpc) is 3.65. The molecule has 1 atom stereocenters. The van der Waals surface area contributed by atoms with E-state index in [0.717, 1.165) is 4.70 Å². The normalized spacial score (nSPS) is 14.7. The van der Waals surface area contributed by atoms with Crippen molar-refractivity contribution in [2.45, 2.75) is 49.5 Å². The van der Waals surface area contributed by atoms with E-state index in [-0.39, 0.29) is 10.6 Å². The van der Waals surface area contributed by atoms with Gasteiger partial charge in [0.25, 0.3) is 5.91 Å². The molecule has 0 spiro atoms. The SMILES string of the molecule is CCS(=O)(=O)c1ccc(C(Oc2ccc(C3CCCC3)cc2)C(=O)Nc2nc3cc(OC)c(OC)cc3s2)cc1. The van der Waals surface area contributed by atoms with Crippen molar-refractivity contribution in [1.82, 2.24) is 4.98 Å². The van der Waals surface area contributed by atoms with Gasteiger partial charge in [0.2, 0.25) is 6.10 Å². The van der Waals surface area contributed by atoms with Gasteiger partial charge in [0.05, 0.1) is 35.1 Å². The molecule has 1 aliphatic rings. The first-order valence-corrected chi connectivity index (χ1v) is 15.7. The van der Waals surface area contributed by atoms with Gasteiger partial charge in [0.1, 0.15) is 5.75 Å². The molecule has 210 valence electrons. The molecule has 0 radical (unpaired) electrons. The van der Waals surface area contributed by atoms with Gasteiger partial charge in [-0.2, -0.15) is 0 Å². The Morgan fingerprint density at radius 1 is 1.00 bits per heavy atom. The van der Waals surface area contributed by atoms with Gasteiger partial charge in [-0.15, -0.1) is 0 Å². The van der Waals surface area contributed by atoms with Gasteiger partial charge in [-0.3, -0.25) is 10.1 Å². The fourth-order valence-electron chi connectivity index (χ4n) is 4.98. The van der Waals surface area contributed by atoms with Crippen molar-refractivity contribution < 1.29 is 27.4 Å². The lowest BCUT2D eigenvalue weighted by Crippen LogP contribution is -2.25. The number of nitrogens with zero attached hydrogens (tertiary/aromatic N) is 1. The minimum atomic E-state index is -3.38. The lowest BCUT2D eigenvalue weighted by molar-refractivity contribution is -0.123. The zero-order valence-corrected chi connectivity index (χ0v) is 24.3. The number of sulfone groups is 1. The van der Waals surface area contributed by atoms with Crippen LogP contribution in [0, 0.1) is 0 Å². The van der Waals surface area contributed by atoms with E-state index in [1.165, 1.54) is 54.7 Å². The van der Waals surface area contributed by atoms with E-state index in [1.807, 2.05) is 18.2 Å². The summed E-state index contributed by atoms with van der Waals surface area (Å²) in [5.74, 6) is 1.80. The molecular formula is C30H32N2O6S2. The summed E-state index contributed by atoms with van der Waals surface area (Å²) in [6.07, 6.45) is 3.85. The second-order valence-corrected chi connectivity index (χ2v) is 13.0. The second-order valence-electron chi connectivity index (χ2n) is 9.70. The Balaban J connectivity index is 1.43. The summed E-state index contributed by atoms with van der Waals surface area (Å²) in [5.41, 5.74) is 2.46. The Hall–Kier alpha value is -3.63. The van der Waals surface area contributed by atoms with E-state index in [1.54, 1.807) is 39.3 Å². The minimum Gasteiger partial charge on any atom is -0.493 e. The number of hydrogen-bond acceptors (Lipinski definition) is 8. The number of ether oxygens (including phenoxy) is 3. The molecule has 1 amide bonds. The summed E-state index contributed by atoms with van der Waals surface area (Å²) in [7, 11) is -0.262. The largest absolute Gasteiger partial charge is 0.493 e. The topological polar surface area (TPSA) is 104 Å². The van der Waals surface area contributed by atoms with Crippen molar-refractivity contribution in [2.24, 2.45) is 0 Å². The van der Waals surface area contributed by atoms with Gasteiger partial charge in [-0.1, -0.05) is 55.4 Å². The summed E-state index contributed by atoms with van der Waals surface area (Å²) < 4.78 is 42.5. The molecule has 0 bridgehead atoms. The zero-order valence-electron chi connectivity index (χ0n) is 22.7. The Bertz CT molecular complexity index is 1550. The first-order valence-electron chi connectivity index (χ1n) is 13.2. The van der Waals surface area contributed by atoms with Gasteiger partial charge >= 0.3 is 0 Å². The predicted molar refractivity (Wildman–Crippen MR) is 157 cm³/mol. The van der Waals surface area contributed by atoms with Crippen LogP contribution in [0.1, 0.15) is 55.8 Å². The van der Waals surface area contributed by atoms with Crippen LogP contribution in [0.3, 0.4) is 0 Å².